The van der Waals surface area contributed by atoms with Crippen LogP contribution in [0.25, 0.3) is 0 Å². The Bertz CT molecular complexity index is 114. The van der Waals surface area contributed by atoms with Crippen LogP contribution in [0.1, 0.15) is 27.2 Å². The number of aliphatic hydroxyl groups excluding tert-OH is 1. The fourth-order valence-electron chi connectivity index (χ4n) is 1.49. The number of ether oxygens (including phenoxy) is 1. The van der Waals surface area contributed by atoms with E-state index in [1.807, 2.05) is 6.92 Å². The van der Waals surface area contributed by atoms with Crippen LogP contribution in [-0.4, -0.2) is 17.5 Å². The highest BCUT2D eigenvalue weighted by Crippen LogP contribution is 2.31. The van der Waals surface area contributed by atoms with Crippen molar-refractivity contribution in [2.24, 2.45) is 11.8 Å². The van der Waals surface area contributed by atoms with Crippen molar-refractivity contribution in [3.05, 3.63) is 0 Å². The number of hydrogen-bond donors (Lipinski definition) is 1. The molecule has 60 valence electrons. The molecule has 1 rings (SSSR count). The first kappa shape index (κ1) is 8.02. The van der Waals surface area contributed by atoms with Crippen molar-refractivity contribution < 1.29 is 9.84 Å². The fraction of sp³-hybridized carbons (Fsp3) is 1.00. The fourth-order valence-corrected chi connectivity index (χ4v) is 1.49. The lowest BCUT2D eigenvalue weighted by atomic mass is 9.92. The van der Waals surface area contributed by atoms with Gasteiger partial charge in [-0.15, -0.1) is 0 Å². The molecule has 1 heterocycles. The molecule has 0 aromatic heterocycles. The summed E-state index contributed by atoms with van der Waals surface area (Å²) in [7, 11) is 0. The van der Waals surface area contributed by atoms with Gasteiger partial charge in [0, 0.05) is 5.92 Å². The van der Waals surface area contributed by atoms with Gasteiger partial charge >= 0.3 is 0 Å². The summed E-state index contributed by atoms with van der Waals surface area (Å²) in [6, 6.07) is 0. The molecule has 0 aromatic carbocycles. The summed E-state index contributed by atoms with van der Waals surface area (Å²) in [4.78, 5) is 0. The van der Waals surface area contributed by atoms with Gasteiger partial charge in [-0.05, 0) is 12.3 Å². The van der Waals surface area contributed by atoms with Crippen LogP contribution in [0.2, 0.25) is 0 Å². The van der Waals surface area contributed by atoms with Crippen LogP contribution in [0.3, 0.4) is 0 Å². The van der Waals surface area contributed by atoms with Crippen LogP contribution >= 0.6 is 0 Å². The number of hydrogen-bond acceptors (Lipinski definition) is 2. The maximum absolute atomic E-state index is 9.25. The molecule has 0 saturated carbocycles. The summed E-state index contributed by atoms with van der Waals surface area (Å²) in [5.74, 6) is 0.796. The van der Waals surface area contributed by atoms with Crippen LogP contribution in [0, 0.1) is 11.8 Å². The summed E-state index contributed by atoms with van der Waals surface area (Å²) in [5, 5.41) is 9.25. The van der Waals surface area contributed by atoms with Gasteiger partial charge in [0.05, 0.1) is 6.10 Å². The van der Waals surface area contributed by atoms with Crippen molar-refractivity contribution >= 4 is 0 Å². The van der Waals surface area contributed by atoms with E-state index in [0.717, 1.165) is 6.42 Å². The van der Waals surface area contributed by atoms with E-state index < -0.39 is 6.29 Å². The molecule has 0 amide bonds. The van der Waals surface area contributed by atoms with E-state index in [1.54, 1.807) is 0 Å². The lowest BCUT2D eigenvalue weighted by Gasteiger charge is -2.12. The molecule has 10 heavy (non-hydrogen) atoms. The second kappa shape index (κ2) is 2.89. The minimum absolute atomic E-state index is 0.269. The Morgan fingerprint density at radius 1 is 1.30 bits per heavy atom. The first-order valence-corrected chi connectivity index (χ1v) is 4.00. The van der Waals surface area contributed by atoms with Gasteiger partial charge in [0.25, 0.3) is 0 Å². The minimum atomic E-state index is -0.528. The molecule has 1 aliphatic heterocycles. The molecule has 2 nitrogen and oxygen atoms in total. The van der Waals surface area contributed by atoms with Gasteiger partial charge in [0.2, 0.25) is 0 Å². The molecule has 1 N–H and O–H groups in total. The zero-order valence-corrected chi connectivity index (χ0v) is 6.87. The van der Waals surface area contributed by atoms with Crippen LogP contribution in [0.4, 0.5) is 0 Å². The average Bonchev–Trinajstić information content (AvgIpc) is 2.17. The topological polar surface area (TPSA) is 29.5 Å². The predicted octanol–water partition coefficient (Wildman–Crippen LogP) is 1.39. The smallest absolute Gasteiger partial charge is 0.157 e. The van der Waals surface area contributed by atoms with E-state index in [-0.39, 0.29) is 6.10 Å². The lowest BCUT2D eigenvalue weighted by molar-refractivity contribution is -0.106. The Labute approximate surface area is 62.2 Å². The second-order valence-electron chi connectivity index (χ2n) is 3.19. The van der Waals surface area contributed by atoms with Gasteiger partial charge in [-0.25, -0.2) is 0 Å². The Morgan fingerprint density at radius 2 is 1.90 bits per heavy atom. The maximum atomic E-state index is 9.25. The van der Waals surface area contributed by atoms with Gasteiger partial charge in [-0.1, -0.05) is 20.8 Å². The van der Waals surface area contributed by atoms with E-state index in [0.29, 0.717) is 11.8 Å². The summed E-state index contributed by atoms with van der Waals surface area (Å²) < 4.78 is 5.29. The summed E-state index contributed by atoms with van der Waals surface area (Å²) in [6.45, 7) is 6.26. The third kappa shape index (κ3) is 1.18. The highest BCUT2D eigenvalue weighted by molar-refractivity contribution is 4.79. The number of rotatable bonds is 1. The lowest BCUT2D eigenvalue weighted by Crippen LogP contribution is -2.15. The molecule has 0 radical (unpaired) electrons. The molecule has 0 bridgehead atoms. The van der Waals surface area contributed by atoms with E-state index in [9.17, 15) is 5.11 Å². The summed E-state index contributed by atoms with van der Waals surface area (Å²) in [6.07, 6.45) is 0.743. The first-order valence-electron chi connectivity index (χ1n) is 4.00. The molecular weight excluding hydrogens is 128 g/mol. The number of aliphatic hydroxyl groups is 1. The molecule has 0 aliphatic carbocycles. The molecule has 0 aromatic rings. The van der Waals surface area contributed by atoms with Crippen molar-refractivity contribution in [2.75, 3.05) is 0 Å². The van der Waals surface area contributed by atoms with Crippen molar-refractivity contribution in [3.63, 3.8) is 0 Å². The highest BCUT2D eigenvalue weighted by atomic mass is 16.6. The standard InChI is InChI=1S/C8H16O2/c1-4-7-5(2)6(3)8(9)10-7/h5-9H,4H2,1-3H3/t5-,6+,7+,8?/m0/s1. The summed E-state index contributed by atoms with van der Waals surface area (Å²) in [5.41, 5.74) is 0. The van der Waals surface area contributed by atoms with E-state index in [1.165, 1.54) is 0 Å². The Hall–Kier alpha value is -0.0800. The van der Waals surface area contributed by atoms with Crippen LogP contribution in [0.15, 0.2) is 0 Å². The Kier molecular flexibility index (Phi) is 2.32. The van der Waals surface area contributed by atoms with Crippen molar-refractivity contribution in [3.8, 4) is 0 Å². The third-order valence-electron chi connectivity index (χ3n) is 2.58. The van der Waals surface area contributed by atoms with Crippen molar-refractivity contribution in [2.45, 2.75) is 39.6 Å². The van der Waals surface area contributed by atoms with Gasteiger partial charge in [-0.2, -0.15) is 0 Å². The zero-order valence-electron chi connectivity index (χ0n) is 6.87. The second-order valence-corrected chi connectivity index (χ2v) is 3.19. The minimum Gasteiger partial charge on any atom is -0.368 e. The van der Waals surface area contributed by atoms with Gasteiger partial charge in [0.1, 0.15) is 0 Å². The monoisotopic (exact) mass is 144 g/mol. The normalized spacial score (nSPS) is 48.0. The molecule has 1 unspecified atom stereocenters. The van der Waals surface area contributed by atoms with Crippen LogP contribution < -0.4 is 0 Å². The van der Waals surface area contributed by atoms with Crippen molar-refractivity contribution in [1.29, 1.82) is 0 Å². The first-order chi connectivity index (χ1) is 4.66. The quantitative estimate of drug-likeness (QED) is 0.602. The largest absolute Gasteiger partial charge is 0.368 e. The van der Waals surface area contributed by atoms with Crippen LogP contribution in [0.5, 0.6) is 0 Å². The SMILES string of the molecule is CC[C@H]1OC(O)[C@H](C)[C@@H]1C. The van der Waals surface area contributed by atoms with E-state index >= 15 is 0 Å². The predicted molar refractivity (Wildman–Crippen MR) is 39.5 cm³/mol. The third-order valence-corrected chi connectivity index (χ3v) is 2.58. The molecular formula is C8H16O2. The Morgan fingerprint density at radius 3 is 2.10 bits per heavy atom. The van der Waals surface area contributed by atoms with Gasteiger partial charge in [0.15, 0.2) is 6.29 Å². The molecule has 1 aliphatic rings. The Balaban J connectivity index is 2.53. The maximum Gasteiger partial charge on any atom is 0.157 e. The molecule has 1 saturated heterocycles. The van der Waals surface area contributed by atoms with Crippen LogP contribution in [-0.2, 0) is 4.74 Å². The van der Waals surface area contributed by atoms with Crippen molar-refractivity contribution in [1.82, 2.24) is 0 Å². The van der Waals surface area contributed by atoms with E-state index in [2.05, 4.69) is 13.8 Å². The zero-order chi connectivity index (χ0) is 7.72. The molecule has 4 atom stereocenters. The highest BCUT2D eigenvalue weighted by Gasteiger charge is 2.36. The van der Waals surface area contributed by atoms with Gasteiger partial charge in [-0.3, -0.25) is 0 Å². The summed E-state index contributed by atoms with van der Waals surface area (Å²) >= 11 is 0. The van der Waals surface area contributed by atoms with E-state index in [4.69, 9.17) is 4.74 Å². The molecule has 1 fully saturated rings. The molecule has 2 heteroatoms. The molecule has 0 spiro atoms. The van der Waals surface area contributed by atoms with Gasteiger partial charge < -0.3 is 9.84 Å². The average molecular weight is 144 g/mol.